The number of nitrogens with two attached hydrogens (primary N) is 3. The van der Waals surface area contributed by atoms with E-state index >= 15 is 0 Å². The fourth-order valence-electron chi connectivity index (χ4n) is 13.7. The van der Waals surface area contributed by atoms with E-state index in [2.05, 4.69) is 225 Å². The van der Waals surface area contributed by atoms with E-state index in [9.17, 15) is 31.4 Å². The summed E-state index contributed by atoms with van der Waals surface area (Å²) in [6.45, 7) is 29.6. The molecule has 39 nitrogen and oxygen atoms in total. The number of aliphatic hydroxyl groups is 1. The quantitative estimate of drug-likeness (QED) is 0.0137. The van der Waals surface area contributed by atoms with Gasteiger partial charge >= 0.3 is 43.7 Å². The molecular weight excluding hydrogens is 2380 g/mol. The van der Waals surface area contributed by atoms with Gasteiger partial charge in [0.15, 0.2) is 49.5 Å². The number of hydrazine groups is 2. The van der Waals surface area contributed by atoms with Crippen LogP contribution in [0.5, 0.6) is 0 Å². The number of nitrogens with zero attached hydrogens (tertiary/aromatic N) is 27. The summed E-state index contributed by atoms with van der Waals surface area (Å²) in [5, 5.41) is 71.0. The molecule has 0 aliphatic carbocycles. The summed E-state index contributed by atoms with van der Waals surface area (Å²) in [5.41, 5.74) is 11.6. The van der Waals surface area contributed by atoms with Crippen LogP contribution >= 0.6 is 167 Å². The molecule has 4 saturated heterocycles. The van der Waals surface area contributed by atoms with Crippen LogP contribution in [0.1, 0.15) is 20.8 Å². The maximum atomic E-state index is 13.9. The van der Waals surface area contributed by atoms with Crippen molar-refractivity contribution >= 4 is 301 Å². The first-order valence-corrected chi connectivity index (χ1v) is 47.6. The molecule has 4 aliphatic rings. The van der Waals surface area contributed by atoms with Crippen molar-refractivity contribution in [1.29, 1.82) is 5.26 Å². The van der Waals surface area contributed by atoms with Gasteiger partial charge in [0.1, 0.15) is 60.2 Å². The smallest absolute Gasteiger partial charge is 0.512 e. The van der Waals surface area contributed by atoms with Crippen molar-refractivity contribution < 1.29 is 85.3 Å². The van der Waals surface area contributed by atoms with Crippen LogP contribution in [0.2, 0.25) is 34.3 Å². The Morgan fingerprint density at radius 2 is 0.674 bits per heavy atom. The van der Waals surface area contributed by atoms with E-state index < -0.39 is 25.2 Å². The number of ether oxygens (including phenoxy) is 3. The number of aromatic nitrogens is 20. The summed E-state index contributed by atoms with van der Waals surface area (Å²) < 4.78 is 106. The predicted molar refractivity (Wildman–Crippen MR) is 557 cm³/mol. The molecule has 14 heterocycles. The minimum Gasteiger partial charge on any atom is -0.512 e. The average Bonchev–Trinajstić information content (AvgIpc) is 1.69. The van der Waals surface area contributed by atoms with Crippen molar-refractivity contribution in [3.8, 4) is 0 Å². The summed E-state index contributed by atoms with van der Waals surface area (Å²) in [6, 6.07) is 17.8. The summed E-state index contributed by atoms with van der Waals surface area (Å²) in [5.74, 6) is 13.5. The molecule has 4 aliphatic heterocycles. The number of piperazine rings is 4. The molecule has 4 fully saturated rings. The minimum atomic E-state index is -0.472. The van der Waals surface area contributed by atoms with Crippen molar-refractivity contribution in [2.45, 2.75) is 40.9 Å². The van der Waals surface area contributed by atoms with Gasteiger partial charge in [-0.05, 0) is 173 Å². The van der Waals surface area contributed by atoms with Crippen molar-refractivity contribution in [1.82, 2.24) is 123 Å². The number of likely N-dealkylation sites (N-methyl/N-ethyl adjacent to an activating group) is 1. The Balaban J connectivity index is 0.000000248. The Bertz CT molecular complexity index is 6710. The third kappa shape index (κ3) is 31.7. The topological polar surface area (TPSA) is 470 Å². The Labute approximate surface area is 910 Å². The second-order valence-corrected chi connectivity index (χ2v) is 35.5. The molecule has 12 N–H and O–H groups in total. The second-order valence-electron chi connectivity index (χ2n) is 28.9. The van der Waals surface area contributed by atoms with Gasteiger partial charge in [0, 0.05) is 176 Å². The molecule has 61 heteroatoms. The standard InChI is InChI=1S/C14H15BBrFN6O.C14H14BrFN6.C13H12BrFN6.C9H3BrClFN4.C8H2BrCl2FN2.C8H5BrClFN4.C7H16O3.C5H13BN2O.CN.CH4O.B.2ClH.H4N2.Na/c1-15(24)22-4-2-21(3-5-22)13-14-20-18-8-23(14)12-7-10(17)9(16)6-11(12)19-13;1-20-2-4-21(5-3-20)13-14-19-17-8-22(14)12-7-10(16)9(15)6-11(12)18-13;14-8-5-10-11(6-9(8)15)21-7-17-19-13(21)12(18-10)20-3-1-16-2-4-20;10-4-1-6-7(2-5(4)12)16-3-13-15-9(16)8(11)14-6;9-3-1-5-6(2-4(3)12)14-8(11)7(10)13-5;9-3-1-5-6(2-4(3)11)14-8(15-12)7(10)13-5;1-4-8-7(9-5-2)10-6-3;1-6(9)8-4-2-7-3-5-8;2*1-2;;;;1-2;/h6-8,24H,2-5H2,1H3;6-8H,2-5H2,1H3;5-7,16H,1-4H2;1-3H;1-2H;1-2H,12H2,(H,14,15);7H,4-6H2,1-3H3;7,9H,2-5H2,1H3;;2H,1H3;;2*1H;1-2H2;/q;;;;;;;;-1;;;;;;+1. The van der Waals surface area contributed by atoms with Gasteiger partial charge in [0.2, 0.25) is 16.9 Å². The minimum absolute atomic E-state index is 0. The van der Waals surface area contributed by atoms with Gasteiger partial charge in [-0.15, -0.1) is 65.6 Å². The molecule has 10 aromatic heterocycles. The van der Waals surface area contributed by atoms with Gasteiger partial charge < -0.3 is 86.5 Å². The number of fused-ring (bicyclic) bond motifs is 14. The first-order chi connectivity index (χ1) is 65.9. The van der Waals surface area contributed by atoms with Crippen molar-refractivity contribution in [3.63, 3.8) is 0 Å². The first kappa shape index (κ1) is 122. The molecule has 0 spiro atoms. The molecule has 0 bridgehead atoms. The largest absolute Gasteiger partial charge is 1.00 e. The average molecular weight is 2470 g/mol. The zero-order valence-electron chi connectivity index (χ0n) is 76.2. The number of hydrogen-bond donors (Lipinski definition) is 9. The Morgan fingerprint density at radius 3 is 1.00 bits per heavy atom. The third-order valence-electron chi connectivity index (χ3n) is 20.4. The number of benzene rings is 6. The van der Waals surface area contributed by atoms with Crippen molar-refractivity contribution in [2.75, 3.05) is 159 Å². The van der Waals surface area contributed by atoms with Crippen LogP contribution in [0.4, 0.5) is 49.6 Å². The van der Waals surface area contributed by atoms with Gasteiger partial charge in [-0.25, -0.2) is 72.1 Å². The summed E-state index contributed by atoms with van der Waals surface area (Å²) in [6.07, 6.45) is 6.24. The Kier molecular flexibility index (Phi) is 51.7. The van der Waals surface area contributed by atoms with Crippen LogP contribution in [-0.2, 0) is 14.2 Å². The maximum Gasteiger partial charge on any atom is 1.00 e. The SMILES string of the molecule is CB(O)N1CCN(c2nc3cc(Br)c(F)cc3n3cnnc23)CC1.CB(O)N1CCNCC1.CCOC(OCC)OCC.CN1CCN(c2nc3cc(Br)c(F)cc3n3cnnc23)CC1.CO.Cl.Cl.Fc1cc2c(cc1Br)nc(Cl)c1nncn12.Fc1cc2c(cc1Br)nc(N1CCNCC1)c1nncn12.Fc1cc2nc(Cl)c(Cl)nc2cc1Br.NN.NNc1nc2cc(F)c(Br)cc2nc1Cl.[B].[C-]#N.[Na+]. The fraction of sp³-hybridized carbons (Fsp3) is 0.338. The number of aliphatic hydroxyl groups excluding tert-OH is 1. The molecular formula is C80H90B3Br6Cl6F6N33NaO6. The van der Waals surface area contributed by atoms with E-state index in [1.165, 1.54) is 54.9 Å². The van der Waals surface area contributed by atoms with Crippen LogP contribution in [-0.4, -0.2) is 296 Å². The number of rotatable bonds is 12. The zero-order chi connectivity index (χ0) is 99.6. The van der Waals surface area contributed by atoms with Gasteiger partial charge in [0.25, 0.3) is 6.48 Å². The van der Waals surface area contributed by atoms with Crippen molar-refractivity contribution in [2.24, 2.45) is 17.5 Å². The molecule has 3 radical (unpaired) electrons. The molecule has 16 aromatic rings. The first-order valence-electron chi connectivity index (χ1n) is 41.3. The molecule has 0 saturated carbocycles. The molecule has 6 aromatic carbocycles. The van der Waals surface area contributed by atoms with Gasteiger partial charge in [-0.2, -0.15) is 0 Å². The van der Waals surface area contributed by atoms with E-state index in [4.69, 9.17) is 98.4 Å². The van der Waals surface area contributed by atoms with Gasteiger partial charge in [0.05, 0.1) is 93.0 Å². The van der Waals surface area contributed by atoms with E-state index in [1.54, 1.807) is 67.7 Å². The number of halogens is 18. The Morgan fingerprint density at radius 1 is 0.411 bits per heavy atom. The fourth-order valence-corrected chi connectivity index (χ4v) is 16.4. The number of nitrogen functional groups attached to an aromatic ring is 1. The van der Waals surface area contributed by atoms with E-state index in [1.807, 2.05) is 32.4 Å². The number of anilines is 4. The molecule has 0 atom stereocenters. The van der Waals surface area contributed by atoms with Crippen LogP contribution in [0.25, 0.3) is 88.8 Å². The third-order valence-corrected chi connectivity index (χ3v) is 25.1. The van der Waals surface area contributed by atoms with Crippen LogP contribution in [0.15, 0.2) is 125 Å². The molecule has 0 amide bonds. The normalized spacial score (nSPS) is 13.5. The number of nitrogens with one attached hydrogen (secondary N) is 3. The predicted octanol–water partition coefficient (Wildman–Crippen LogP) is 10.4. The Hall–Kier alpha value is -7.24. The van der Waals surface area contributed by atoms with Crippen LogP contribution in [0, 0.1) is 46.7 Å². The van der Waals surface area contributed by atoms with E-state index in [0.717, 1.165) is 135 Å². The molecule has 141 heavy (non-hydrogen) atoms. The summed E-state index contributed by atoms with van der Waals surface area (Å²) >= 11 is 41.8. The summed E-state index contributed by atoms with van der Waals surface area (Å²) in [7, 11) is 2.38. The van der Waals surface area contributed by atoms with Gasteiger partial charge in [-0.3, -0.25) is 29.3 Å². The molecule has 747 valence electrons. The molecule has 20 rings (SSSR count). The number of hydrogen-bond acceptors (Lipinski definition) is 35. The van der Waals surface area contributed by atoms with Crippen LogP contribution < -0.4 is 77.8 Å². The second kappa shape index (κ2) is 59.5. The summed E-state index contributed by atoms with van der Waals surface area (Å²) in [4.78, 5) is 46.9. The van der Waals surface area contributed by atoms with E-state index in [0.29, 0.717) is 130 Å². The van der Waals surface area contributed by atoms with E-state index in [-0.39, 0.29) is 120 Å². The van der Waals surface area contributed by atoms with Crippen LogP contribution in [0.3, 0.4) is 0 Å². The monoisotopic (exact) mass is 2460 g/mol. The van der Waals surface area contributed by atoms with Crippen molar-refractivity contribution in [3.05, 3.63) is 187 Å². The zero-order valence-corrected chi connectivity index (χ0v) is 92.4. The maximum absolute atomic E-state index is 13.9. The molecule has 0 unspecified atom stereocenters. The van der Waals surface area contributed by atoms with Gasteiger partial charge in [-0.1, -0.05) is 46.4 Å².